The van der Waals surface area contributed by atoms with Gasteiger partial charge >= 0.3 is 11.9 Å². The van der Waals surface area contributed by atoms with Crippen LogP contribution >= 0.6 is 0 Å². The molecule has 2 aliphatic heterocycles. The zero-order valence-electron chi connectivity index (χ0n) is 27.5. The van der Waals surface area contributed by atoms with Crippen LogP contribution in [0, 0.1) is 0 Å². The summed E-state index contributed by atoms with van der Waals surface area (Å²) in [6.07, 6.45) is -2.87. The highest BCUT2D eigenvalue weighted by Gasteiger charge is 2.54. The van der Waals surface area contributed by atoms with Gasteiger partial charge in [0.15, 0.2) is 11.6 Å². The molecule has 0 bridgehead atoms. The van der Waals surface area contributed by atoms with Crippen molar-refractivity contribution in [3.05, 3.63) is 71.8 Å². The number of rotatable bonds is 11. The normalized spacial score (nSPS) is 22.9. The molecule has 0 spiro atoms. The fraction of sp³-hybridized carbons (Fsp3) is 0.389. The number of aromatic carboxylic acids is 2. The van der Waals surface area contributed by atoms with E-state index >= 15 is 0 Å². The molecule has 0 unspecified atom stereocenters. The summed E-state index contributed by atoms with van der Waals surface area (Å²) in [6.45, 7) is 6.90. The van der Waals surface area contributed by atoms with Crippen molar-refractivity contribution in [2.24, 2.45) is 0 Å². The summed E-state index contributed by atoms with van der Waals surface area (Å²) in [7, 11) is 3.09. The van der Waals surface area contributed by atoms with Gasteiger partial charge in [0, 0.05) is 10.8 Å². The molecule has 2 fully saturated rings. The summed E-state index contributed by atoms with van der Waals surface area (Å²) in [4.78, 5) is 24.4. The van der Waals surface area contributed by atoms with Crippen molar-refractivity contribution in [3.8, 4) is 23.0 Å². The molecule has 2 saturated heterocycles. The molecule has 0 radical (unpaired) electrons. The Bertz CT molecular complexity index is 1730. The van der Waals surface area contributed by atoms with Gasteiger partial charge in [-0.2, -0.15) is 0 Å². The summed E-state index contributed by atoms with van der Waals surface area (Å²) in [5.74, 6) is -2.92. The molecule has 4 atom stereocenters. The maximum absolute atomic E-state index is 12.2. The fourth-order valence-electron chi connectivity index (χ4n) is 6.37. The van der Waals surface area contributed by atoms with E-state index in [1.807, 2.05) is 0 Å². The predicted octanol–water partition coefficient (Wildman–Crippen LogP) is 5.90. The highest BCUT2D eigenvalue weighted by molar-refractivity contribution is 6.00. The maximum atomic E-state index is 12.2. The van der Waals surface area contributed by atoms with Crippen LogP contribution in [0.4, 0.5) is 0 Å². The van der Waals surface area contributed by atoms with Crippen LogP contribution in [0.15, 0.2) is 60.7 Å². The van der Waals surface area contributed by atoms with Crippen molar-refractivity contribution in [3.63, 3.8) is 0 Å². The smallest absolute Gasteiger partial charge is 0.339 e. The van der Waals surface area contributed by atoms with Gasteiger partial charge in [-0.1, -0.05) is 24.3 Å². The van der Waals surface area contributed by atoms with Crippen molar-refractivity contribution in [2.75, 3.05) is 27.4 Å². The van der Waals surface area contributed by atoms with Crippen LogP contribution in [-0.4, -0.2) is 85.6 Å². The second-order valence-electron chi connectivity index (χ2n) is 12.6. The predicted molar refractivity (Wildman–Crippen MR) is 174 cm³/mol. The first-order valence-electron chi connectivity index (χ1n) is 15.4. The fourth-order valence-corrected chi connectivity index (χ4v) is 6.37. The largest absolute Gasteiger partial charge is 0.496 e. The first-order chi connectivity index (χ1) is 22.8. The standard InChI is InChI=1S/C36H38O12/c1-35(2)45-29(17-43-27-15-21-19(13-23(27)33(37)38)9-7-11-25(21)41-5)31(47-35)32-30(46-36(3,4)48-32)18-44-28-16-22-20(14-24(28)34(39)40)10-8-12-26(22)42-6/h7-16,29-32H,17-18H2,1-6H3,(H,37,38)(H,39,40)/t29-,30+,31+,32-. The Morgan fingerprint density at radius 2 is 1.02 bits per heavy atom. The monoisotopic (exact) mass is 662 g/mol. The maximum Gasteiger partial charge on any atom is 0.339 e. The molecule has 48 heavy (non-hydrogen) atoms. The number of carboxylic acid groups (broad SMARTS) is 2. The minimum Gasteiger partial charge on any atom is -0.496 e. The first-order valence-corrected chi connectivity index (χ1v) is 15.4. The minimum atomic E-state index is -1.14. The number of methoxy groups -OCH3 is 2. The Balaban J connectivity index is 1.26. The van der Waals surface area contributed by atoms with Gasteiger partial charge in [0.25, 0.3) is 0 Å². The average molecular weight is 663 g/mol. The molecule has 2 aliphatic rings. The van der Waals surface area contributed by atoms with E-state index < -0.39 is 47.9 Å². The molecule has 2 N–H and O–H groups in total. The van der Waals surface area contributed by atoms with E-state index in [9.17, 15) is 19.8 Å². The molecule has 0 aromatic heterocycles. The number of ether oxygens (including phenoxy) is 8. The van der Waals surface area contributed by atoms with E-state index in [1.54, 1.807) is 103 Å². The molecular formula is C36H38O12. The Morgan fingerprint density at radius 3 is 1.38 bits per heavy atom. The zero-order valence-corrected chi connectivity index (χ0v) is 27.5. The van der Waals surface area contributed by atoms with E-state index in [1.165, 1.54) is 0 Å². The SMILES string of the molecule is COc1cccc2cc(C(=O)O)c(OC[C@@H]3OC(C)(C)O[C@H]3[C@H]3OC(C)(C)O[C@@H]3COc3cc4c(OC)cccc4cc3C(=O)O)cc12. The summed E-state index contributed by atoms with van der Waals surface area (Å²) in [5.41, 5.74) is -0.0285. The Labute approximate surface area is 276 Å². The third kappa shape index (κ3) is 6.56. The summed E-state index contributed by atoms with van der Waals surface area (Å²) in [5, 5.41) is 22.7. The number of benzene rings is 4. The number of carbonyl (C=O) groups is 2. The molecule has 4 aromatic carbocycles. The van der Waals surface area contributed by atoms with Crippen LogP contribution in [0.1, 0.15) is 48.4 Å². The lowest BCUT2D eigenvalue weighted by molar-refractivity contribution is -0.175. The van der Waals surface area contributed by atoms with E-state index in [0.717, 1.165) is 0 Å². The molecule has 0 amide bonds. The van der Waals surface area contributed by atoms with Crippen molar-refractivity contribution in [1.29, 1.82) is 0 Å². The highest BCUT2D eigenvalue weighted by atomic mass is 16.8. The van der Waals surface area contributed by atoms with Gasteiger partial charge in [0.05, 0.1) is 14.2 Å². The molecular weight excluding hydrogens is 624 g/mol. The zero-order chi connectivity index (χ0) is 34.4. The topological polar surface area (TPSA) is 148 Å². The minimum absolute atomic E-state index is 0.0143. The Morgan fingerprint density at radius 1 is 0.625 bits per heavy atom. The van der Waals surface area contributed by atoms with Gasteiger partial charge in [0.1, 0.15) is 71.8 Å². The third-order valence-electron chi connectivity index (χ3n) is 8.35. The van der Waals surface area contributed by atoms with E-state index in [2.05, 4.69) is 0 Å². The van der Waals surface area contributed by atoms with Crippen molar-refractivity contribution >= 4 is 33.5 Å². The number of carboxylic acids is 2. The van der Waals surface area contributed by atoms with Gasteiger partial charge < -0.3 is 48.1 Å². The number of hydrogen-bond acceptors (Lipinski definition) is 10. The van der Waals surface area contributed by atoms with E-state index in [-0.39, 0.29) is 35.8 Å². The molecule has 6 rings (SSSR count). The van der Waals surface area contributed by atoms with Crippen LogP contribution < -0.4 is 18.9 Å². The molecule has 12 heteroatoms. The van der Waals surface area contributed by atoms with Gasteiger partial charge in [-0.15, -0.1) is 0 Å². The van der Waals surface area contributed by atoms with Crippen molar-refractivity contribution in [2.45, 2.75) is 63.7 Å². The molecule has 4 aromatic rings. The molecule has 2 heterocycles. The lowest BCUT2D eigenvalue weighted by Gasteiger charge is -2.26. The molecule has 12 nitrogen and oxygen atoms in total. The second kappa shape index (κ2) is 12.8. The lowest BCUT2D eigenvalue weighted by atomic mass is 10.0. The third-order valence-corrected chi connectivity index (χ3v) is 8.35. The van der Waals surface area contributed by atoms with Crippen LogP contribution in [-0.2, 0) is 18.9 Å². The molecule has 0 saturated carbocycles. The van der Waals surface area contributed by atoms with Crippen LogP contribution in [0.25, 0.3) is 21.5 Å². The summed E-state index contributed by atoms with van der Waals surface area (Å²) in [6, 6.07) is 17.1. The van der Waals surface area contributed by atoms with Crippen LogP contribution in [0.2, 0.25) is 0 Å². The van der Waals surface area contributed by atoms with Gasteiger partial charge in [-0.25, -0.2) is 9.59 Å². The van der Waals surface area contributed by atoms with Crippen LogP contribution in [0.3, 0.4) is 0 Å². The lowest BCUT2D eigenvalue weighted by Crippen LogP contribution is -2.45. The number of hydrogen-bond donors (Lipinski definition) is 2. The van der Waals surface area contributed by atoms with E-state index in [0.29, 0.717) is 33.0 Å². The summed E-state index contributed by atoms with van der Waals surface area (Å²) < 4.78 is 48.4. The van der Waals surface area contributed by atoms with Crippen molar-refractivity contribution in [1.82, 2.24) is 0 Å². The van der Waals surface area contributed by atoms with Crippen molar-refractivity contribution < 1.29 is 57.7 Å². The van der Waals surface area contributed by atoms with Gasteiger partial charge in [-0.3, -0.25) is 0 Å². The average Bonchev–Trinajstić information content (AvgIpc) is 3.53. The Kier molecular flexibility index (Phi) is 8.86. The first kappa shape index (κ1) is 33.3. The molecule has 0 aliphatic carbocycles. The van der Waals surface area contributed by atoms with Gasteiger partial charge in [0.2, 0.25) is 0 Å². The van der Waals surface area contributed by atoms with Gasteiger partial charge in [-0.05, 0) is 74.9 Å². The second-order valence-corrected chi connectivity index (χ2v) is 12.6. The van der Waals surface area contributed by atoms with Crippen LogP contribution in [0.5, 0.6) is 23.0 Å². The quantitative estimate of drug-likeness (QED) is 0.197. The number of fused-ring (bicyclic) bond motifs is 2. The Hall–Kier alpha value is -4.62. The highest BCUT2D eigenvalue weighted by Crippen LogP contribution is 2.40. The summed E-state index contributed by atoms with van der Waals surface area (Å²) >= 11 is 0. The van der Waals surface area contributed by atoms with E-state index in [4.69, 9.17) is 37.9 Å². The molecule has 254 valence electrons.